The van der Waals surface area contributed by atoms with Crippen LogP contribution in [0.3, 0.4) is 0 Å². The van der Waals surface area contributed by atoms with Gasteiger partial charge in [0.15, 0.2) is 0 Å². The van der Waals surface area contributed by atoms with E-state index in [1.165, 1.54) is 5.92 Å². The molecule has 0 N–H and O–H groups in total. The summed E-state index contributed by atoms with van der Waals surface area (Å²) in [5, 5.41) is 1.64. The molecule has 0 aliphatic rings. The molecule has 2 rings (SSSR count). The Morgan fingerprint density at radius 1 is 0.737 bits per heavy atom. The van der Waals surface area contributed by atoms with Crippen molar-refractivity contribution in [1.29, 1.82) is 0 Å². The summed E-state index contributed by atoms with van der Waals surface area (Å²) in [5.41, 5.74) is 2.38. The molecule has 0 heterocycles. The van der Waals surface area contributed by atoms with E-state index in [1.54, 1.807) is 0 Å². The highest BCUT2D eigenvalue weighted by Gasteiger charge is 2.24. The normalized spacial score (nSPS) is 10.9. The maximum Gasteiger partial charge on any atom is 0.458 e. The van der Waals surface area contributed by atoms with E-state index in [-0.39, 0.29) is 0 Å². The van der Waals surface area contributed by atoms with Gasteiger partial charge in [0.05, 0.1) is 0 Å². The lowest BCUT2D eigenvalue weighted by atomic mass is 10.4. The Labute approximate surface area is 111 Å². The number of halogens is 3. The molecule has 0 fully saturated rings. The van der Waals surface area contributed by atoms with Crippen molar-refractivity contribution >= 4 is 18.5 Å². The fourth-order valence-corrected chi connectivity index (χ4v) is 3.29. The molecule has 19 heavy (non-hydrogen) atoms. The van der Waals surface area contributed by atoms with E-state index >= 15 is 0 Å². The first-order valence-electron chi connectivity index (χ1n) is 5.56. The Morgan fingerprint density at radius 3 is 1.53 bits per heavy atom. The van der Waals surface area contributed by atoms with Gasteiger partial charge in [-0.1, -0.05) is 66.3 Å². The maximum absolute atomic E-state index is 12.3. The Balaban J connectivity index is 2.42. The third-order valence-electron chi connectivity index (χ3n) is 2.34. The molecule has 0 bridgehead atoms. The van der Waals surface area contributed by atoms with E-state index in [4.69, 9.17) is 0 Å². The molecule has 0 radical (unpaired) electrons. The summed E-state index contributed by atoms with van der Waals surface area (Å²) in [4.78, 5) is 0. The van der Waals surface area contributed by atoms with Crippen molar-refractivity contribution in [2.45, 2.75) is 6.18 Å². The van der Waals surface area contributed by atoms with Crippen LogP contribution in [0.5, 0.6) is 0 Å². The first kappa shape index (κ1) is 13.6. The van der Waals surface area contributed by atoms with E-state index in [9.17, 15) is 13.2 Å². The topological polar surface area (TPSA) is 0 Å². The molecule has 0 atom stereocenters. The van der Waals surface area contributed by atoms with Crippen molar-refractivity contribution < 1.29 is 13.2 Å². The molecule has 0 spiro atoms. The van der Waals surface area contributed by atoms with Crippen LogP contribution >= 0.6 is 7.92 Å². The van der Waals surface area contributed by atoms with Crippen LogP contribution in [0.15, 0.2) is 60.7 Å². The van der Waals surface area contributed by atoms with Gasteiger partial charge in [-0.15, -0.1) is 0 Å². The van der Waals surface area contributed by atoms with Crippen LogP contribution in [0, 0.1) is 11.6 Å². The second kappa shape index (κ2) is 5.91. The molecule has 0 aliphatic carbocycles. The summed E-state index contributed by atoms with van der Waals surface area (Å²) in [6.45, 7) is 0. The van der Waals surface area contributed by atoms with Gasteiger partial charge in [-0.05, 0) is 10.6 Å². The Morgan fingerprint density at radius 2 is 1.16 bits per heavy atom. The minimum Gasteiger partial charge on any atom is -0.159 e. The number of benzene rings is 2. The predicted octanol–water partition coefficient (Wildman–Crippen LogP) is 3.64. The van der Waals surface area contributed by atoms with E-state index in [0.717, 1.165) is 10.6 Å². The van der Waals surface area contributed by atoms with E-state index in [2.05, 4.69) is 5.66 Å². The fourth-order valence-electron chi connectivity index (χ4n) is 1.55. The van der Waals surface area contributed by atoms with E-state index < -0.39 is 14.1 Å². The van der Waals surface area contributed by atoms with Gasteiger partial charge in [0.1, 0.15) is 0 Å². The van der Waals surface area contributed by atoms with Gasteiger partial charge < -0.3 is 0 Å². The van der Waals surface area contributed by atoms with Crippen molar-refractivity contribution in [3.63, 3.8) is 0 Å². The molecule has 4 heteroatoms. The van der Waals surface area contributed by atoms with Crippen molar-refractivity contribution in [3.05, 3.63) is 60.7 Å². The van der Waals surface area contributed by atoms with Gasteiger partial charge in [0.25, 0.3) is 0 Å². The van der Waals surface area contributed by atoms with Gasteiger partial charge >= 0.3 is 6.18 Å². The highest BCUT2D eigenvalue weighted by Crippen LogP contribution is 2.32. The van der Waals surface area contributed by atoms with Crippen molar-refractivity contribution in [1.82, 2.24) is 0 Å². The molecule has 0 amide bonds. The minimum atomic E-state index is -4.45. The lowest BCUT2D eigenvalue weighted by Gasteiger charge is -2.11. The van der Waals surface area contributed by atoms with Gasteiger partial charge in [-0.3, -0.25) is 0 Å². The second-order valence-electron chi connectivity index (χ2n) is 3.74. The van der Waals surface area contributed by atoms with Gasteiger partial charge in [-0.2, -0.15) is 13.2 Å². The quantitative estimate of drug-likeness (QED) is 0.581. The Bertz CT molecular complexity index is 540. The SMILES string of the molecule is FC(F)(F)C#CP(c1ccccc1)c1ccccc1. The minimum absolute atomic E-state index is 0.820. The summed E-state index contributed by atoms with van der Waals surface area (Å²) in [5.74, 6) is 1.40. The highest BCUT2D eigenvalue weighted by molar-refractivity contribution is 7.77. The summed E-state index contributed by atoms with van der Waals surface area (Å²) in [7, 11) is -1.30. The summed E-state index contributed by atoms with van der Waals surface area (Å²) < 4.78 is 36.9. The van der Waals surface area contributed by atoms with E-state index in [0.29, 0.717) is 0 Å². The zero-order valence-electron chi connectivity index (χ0n) is 9.85. The number of hydrogen-bond donors (Lipinski definition) is 0. The predicted molar refractivity (Wildman–Crippen MR) is 72.9 cm³/mol. The zero-order valence-corrected chi connectivity index (χ0v) is 10.7. The molecular formula is C15H10F3P. The lowest BCUT2D eigenvalue weighted by molar-refractivity contribution is -0.0695. The molecule has 0 saturated carbocycles. The molecule has 96 valence electrons. The summed E-state index contributed by atoms with van der Waals surface area (Å²) in [6.07, 6.45) is -4.45. The van der Waals surface area contributed by atoms with Gasteiger partial charge in [0.2, 0.25) is 0 Å². The first-order chi connectivity index (χ1) is 9.06. The standard InChI is InChI=1S/C15H10F3P/c16-15(17,18)11-12-19(13-7-3-1-4-8-13)14-9-5-2-6-10-14/h1-10H. The molecule has 0 aromatic heterocycles. The van der Waals surface area contributed by atoms with Crippen LogP contribution in [0.1, 0.15) is 0 Å². The molecule has 0 nitrogen and oxygen atoms in total. The Kier molecular flexibility index (Phi) is 4.24. The highest BCUT2D eigenvalue weighted by atomic mass is 31.1. The Hall–Kier alpha value is -1.78. The average molecular weight is 278 g/mol. The van der Waals surface area contributed by atoms with Gasteiger partial charge in [-0.25, -0.2) is 0 Å². The van der Waals surface area contributed by atoms with Crippen LogP contribution in [0.25, 0.3) is 0 Å². The lowest BCUT2D eigenvalue weighted by Crippen LogP contribution is -2.11. The monoisotopic (exact) mass is 278 g/mol. The van der Waals surface area contributed by atoms with Crippen LogP contribution < -0.4 is 10.6 Å². The van der Waals surface area contributed by atoms with Crippen molar-refractivity contribution in [2.75, 3.05) is 0 Å². The average Bonchev–Trinajstić information content (AvgIpc) is 2.40. The largest absolute Gasteiger partial charge is 0.458 e. The van der Waals surface area contributed by atoms with Gasteiger partial charge in [0, 0.05) is 13.8 Å². The molecular weight excluding hydrogens is 268 g/mol. The molecule has 2 aromatic rings. The first-order valence-corrected chi connectivity index (χ1v) is 6.90. The summed E-state index contributed by atoms with van der Waals surface area (Å²) >= 11 is 0. The van der Waals surface area contributed by atoms with Crippen LogP contribution in [0.2, 0.25) is 0 Å². The molecule has 2 aromatic carbocycles. The molecule has 0 aliphatic heterocycles. The molecule has 0 saturated heterocycles. The van der Waals surface area contributed by atoms with Crippen molar-refractivity contribution in [3.8, 4) is 11.6 Å². The van der Waals surface area contributed by atoms with Crippen LogP contribution in [0.4, 0.5) is 13.2 Å². The van der Waals surface area contributed by atoms with Crippen LogP contribution in [-0.4, -0.2) is 6.18 Å². The van der Waals surface area contributed by atoms with Crippen LogP contribution in [-0.2, 0) is 0 Å². The van der Waals surface area contributed by atoms with Crippen molar-refractivity contribution in [2.24, 2.45) is 0 Å². The number of rotatable bonds is 2. The zero-order chi connectivity index (χ0) is 13.7. The third kappa shape index (κ3) is 4.12. The number of alkyl halides is 3. The maximum atomic E-state index is 12.3. The number of hydrogen-bond acceptors (Lipinski definition) is 0. The smallest absolute Gasteiger partial charge is 0.159 e. The summed E-state index contributed by atoms with van der Waals surface area (Å²) in [6, 6.07) is 18.1. The third-order valence-corrected chi connectivity index (χ3v) is 4.30. The second-order valence-corrected chi connectivity index (χ2v) is 5.67. The molecule has 0 unspecified atom stereocenters. The van der Waals surface area contributed by atoms with E-state index in [1.807, 2.05) is 60.7 Å². The fraction of sp³-hybridized carbons (Fsp3) is 0.0667.